The fourth-order valence-corrected chi connectivity index (χ4v) is 5.05. The minimum atomic E-state index is -4.12. The van der Waals surface area contributed by atoms with Gasteiger partial charge in [-0.25, -0.2) is 13.2 Å². The zero-order chi connectivity index (χ0) is 23.3. The summed E-state index contributed by atoms with van der Waals surface area (Å²) in [5.41, 5.74) is 7.04. The van der Waals surface area contributed by atoms with Gasteiger partial charge < -0.3 is 10.5 Å². The van der Waals surface area contributed by atoms with E-state index in [9.17, 15) is 18.0 Å². The molecule has 7 nitrogen and oxygen atoms in total. The molecule has 3 aromatic carbocycles. The van der Waals surface area contributed by atoms with Crippen molar-refractivity contribution in [3.05, 3.63) is 100 Å². The molecule has 0 spiro atoms. The first-order valence-electron chi connectivity index (χ1n) is 9.53. The van der Waals surface area contributed by atoms with E-state index in [2.05, 4.69) is 15.9 Å². The van der Waals surface area contributed by atoms with Gasteiger partial charge >= 0.3 is 5.97 Å². The fourth-order valence-electron chi connectivity index (χ4n) is 3.21. The number of hydrogen-bond acceptors (Lipinski definition) is 5. The average Bonchev–Trinajstić information content (AvgIpc) is 2.79. The van der Waals surface area contributed by atoms with Crippen molar-refractivity contribution in [3.8, 4) is 0 Å². The van der Waals surface area contributed by atoms with Crippen molar-refractivity contribution in [1.82, 2.24) is 4.31 Å². The third-order valence-corrected chi connectivity index (χ3v) is 7.16. The Morgan fingerprint density at radius 3 is 2.09 bits per heavy atom. The molecule has 0 unspecified atom stereocenters. The van der Waals surface area contributed by atoms with Crippen molar-refractivity contribution in [2.75, 3.05) is 7.11 Å². The normalized spacial score (nSPS) is 12.3. The Kier molecular flexibility index (Phi) is 7.44. The van der Waals surface area contributed by atoms with Gasteiger partial charge in [0.2, 0.25) is 15.9 Å². The lowest BCUT2D eigenvalue weighted by Gasteiger charge is -2.29. The van der Waals surface area contributed by atoms with Gasteiger partial charge in [-0.2, -0.15) is 4.31 Å². The van der Waals surface area contributed by atoms with Gasteiger partial charge in [0.15, 0.2) is 0 Å². The van der Waals surface area contributed by atoms with Gasteiger partial charge in [-0.05, 0) is 47.5 Å². The highest BCUT2D eigenvalue weighted by Crippen LogP contribution is 2.30. The number of primary amides is 1. The van der Waals surface area contributed by atoms with E-state index < -0.39 is 27.9 Å². The van der Waals surface area contributed by atoms with Crippen LogP contribution in [-0.2, 0) is 26.1 Å². The van der Waals surface area contributed by atoms with E-state index in [0.717, 1.165) is 8.78 Å². The Morgan fingerprint density at radius 1 is 0.969 bits per heavy atom. The molecular weight excluding hydrogens is 496 g/mol. The molecule has 0 saturated carbocycles. The SMILES string of the molecule is COC(=O)c1ccc(CN([C@@H](C(N)=O)c2ccccc2)S(=O)(=O)c2ccc(Br)cc2)cc1. The molecule has 3 rings (SSSR count). The van der Waals surface area contributed by atoms with Crippen LogP contribution in [0.15, 0.2) is 88.2 Å². The number of carbonyl (C=O) groups excluding carboxylic acids is 2. The van der Waals surface area contributed by atoms with E-state index in [1.807, 2.05) is 0 Å². The molecule has 0 aliphatic heterocycles. The number of methoxy groups -OCH3 is 1. The number of carbonyl (C=O) groups is 2. The molecule has 32 heavy (non-hydrogen) atoms. The molecular formula is C23H21BrN2O5S. The minimum absolute atomic E-state index is 0.0223. The lowest BCUT2D eigenvalue weighted by molar-refractivity contribution is -0.122. The monoisotopic (exact) mass is 516 g/mol. The molecule has 0 aromatic heterocycles. The van der Waals surface area contributed by atoms with Crippen molar-refractivity contribution < 1.29 is 22.7 Å². The highest BCUT2D eigenvalue weighted by Gasteiger charge is 2.36. The van der Waals surface area contributed by atoms with Crippen LogP contribution in [0.4, 0.5) is 0 Å². The van der Waals surface area contributed by atoms with Crippen LogP contribution in [0.5, 0.6) is 0 Å². The number of esters is 1. The van der Waals surface area contributed by atoms with Crippen LogP contribution in [-0.4, -0.2) is 31.7 Å². The van der Waals surface area contributed by atoms with Crippen LogP contribution < -0.4 is 5.73 Å². The summed E-state index contributed by atoms with van der Waals surface area (Å²) in [6, 6.07) is 19.7. The predicted molar refractivity (Wildman–Crippen MR) is 123 cm³/mol. The number of hydrogen-bond donors (Lipinski definition) is 1. The number of benzene rings is 3. The van der Waals surface area contributed by atoms with Gasteiger partial charge in [-0.1, -0.05) is 58.4 Å². The lowest BCUT2D eigenvalue weighted by atomic mass is 10.1. The lowest BCUT2D eigenvalue weighted by Crippen LogP contribution is -2.41. The maximum absolute atomic E-state index is 13.6. The zero-order valence-corrected chi connectivity index (χ0v) is 19.5. The van der Waals surface area contributed by atoms with Gasteiger partial charge in [-0.15, -0.1) is 0 Å². The van der Waals surface area contributed by atoms with Crippen LogP contribution in [0.25, 0.3) is 0 Å². The Labute approximate surface area is 195 Å². The van der Waals surface area contributed by atoms with Gasteiger partial charge in [0.1, 0.15) is 6.04 Å². The third kappa shape index (κ3) is 5.24. The zero-order valence-electron chi connectivity index (χ0n) is 17.1. The summed E-state index contributed by atoms with van der Waals surface area (Å²) in [5, 5.41) is 0. The second kappa shape index (κ2) is 10.1. The first-order chi connectivity index (χ1) is 15.2. The van der Waals surface area contributed by atoms with Crippen LogP contribution in [0.1, 0.15) is 27.5 Å². The topological polar surface area (TPSA) is 107 Å². The number of amides is 1. The van der Waals surface area contributed by atoms with Gasteiger partial charge in [0, 0.05) is 11.0 Å². The van der Waals surface area contributed by atoms with E-state index in [0.29, 0.717) is 16.7 Å². The Morgan fingerprint density at radius 2 is 1.56 bits per heavy atom. The number of rotatable bonds is 8. The molecule has 166 valence electrons. The van der Waals surface area contributed by atoms with Crippen LogP contribution in [0.3, 0.4) is 0 Å². The molecule has 0 saturated heterocycles. The van der Waals surface area contributed by atoms with Gasteiger partial charge in [0.05, 0.1) is 17.6 Å². The molecule has 0 aliphatic rings. The van der Waals surface area contributed by atoms with Crippen molar-refractivity contribution in [3.63, 3.8) is 0 Å². The smallest absolute Gasteiger partial charge is 0.337 e. The van der Waals surface area contributed by atoms with Crippen LogP contribution in [0, 0.1) is 0 Å². The van der Waals surface area contributed by atoms with Crippen molar-refractivity contribution in [2.24, 2.45) is 5.73 Å². The average molecular weight is 517 g/mol. The van der Waals surface area contributed by atoms with E-state index in [1.165, 1.54) is 31.4 Å². The summed E-state index contributed by atoms with van der Waals surface area (Å²) in [6.07, 6.45) is 0. The molecule has 0 bridgehead atoms. The van der Waals surface area contributed by atoms with Crippen molar-refractivity contribution in [2.45, 2.75) is 17.5 Å². The highest BCUT2D eigenvalue weighted by molar-refractivity contribution is 9.10. The third-order valence-electron chi connectivity index (χ3n) is 4.81. The summed E-state index contributed by atoms with van der Waals surface area (Å²) >= 11 is 3.30. The largest absolute Gasteiger partial charge is 0.465 e. The van der Waals surface area contributed by atoms with E-state index in [4.69, 9.17) is 10.5 Å². The summed E-state index contributed by atoms with van der Waals surface area (Å²) in [4.78, 5) is 24.2. The molecule has 2 N–H and O–H groups in total. The molecule has 0 fully saturated rings. The fraction of sp³-hybridized carbons (Fsp3) is 0.130. The maximum atomic E-state index is 13.6. The maximum Gasteiger partial charge on any atom is 0.337 e. The standard InChI is InChI=1S/C23H21BrN2O5S/c1-31-23(28)18-9-7-16(8-10-18)15-26(21(22(25)27)17-5-3-2-4-6-17)32(29,30)20-13-11-19(24)12-14-20/h2-14,21H,15H2,1H3,(H2,25,27)/t21-/m1/s1. The quantitative estimate of drug-likeness (QED) is 0.459. The van der Waals surface area contributed by atoms with Crippen LogP contribution >= 0.6 is 15.9 Å². The molecule has 1 amide bonds. The second-order valence-corrected chi connectivity index (χ2v) is 9.71. The first kappa shape index (κ1) is 23.6. The first-order valence-corrected chi connectivity index (χ1v) is 11.8. The number of halogens is 1. The molecule has 3 aromatic rings. The summed E-state index contributed by atoms with van der Waals surface area (Å²) in [6.45, 7) is -0.137. The molecule has 0 radical (unpaired) electrons. The number of sulfonamides is 1. The summed E-state index contributed by atoms with van der Waals surface area (Å²) in [7, 11) is -2.84. The number of ether oxygens (including phenoxy) is 1. The predicted octanol–water partition coefficient (Wildman–Crippen LogP) is 3.65. The Balaban J connectivity index is 2.09. The van der Waals surface area contributed by atoms with Crippen LogP contribution in [0.2, 0.25) is 0 Å². The highest BCUT2D eigenvalue weighted by atomic mass is 79.9. The van der Waals surface area contributed by atoms with Gasteiger partial charge in [0.25, 0.3) is 0 Å². The summed E-state index contributed by atoms with van der Waals surface area (Å²) in [5.74, 6) is -1.31. The summed E-state index contributed by atoms with van der Waals surface area (Å²) < 4.78 is 33.7. The van der Waals surface area contributed by atoms with Gasteiger partial charge in [-0.3, -0.25) is 4.79 Å². The Hall–Kier alpha value is -3.01. The molecule has 1 atom stereocenters. The molecule has 0 aliphatic carbocycles. The van der Waals surface area contributed by atoms with Crippen molar-refractivity contribution >= 4 is 37.8 Å². The molecule has 9 heteroatoms. The van der Waals surface area contributed by atoms with E-state index in [1.54, 1.807) is 54.6 Å². The van der Waals surface area contributed by atoms with E-state index in [-0.39, 0.29) is 11.4 Å². The molecule has 0 heterocycles. The number of nitrogens with zero attached hydrogens (tertiary/aromatic N) is 1. The van der Waals surface area contributed by atoms with E-state index >= 15 is 0 Å². The minimum Gasteiger partial charge on any atom is -0.465 e. The van der Waals surface area contributed by atoms with Crippen molar-refractivity contribution in [1.29, 1.82) is 0 Å². The second-order valence-electron chi connectivity index (χ2n) is 6.91. The Bertz CT molecular complexity index is 1200. The number of nitrogens with two attached hydrogens (primary N) is 1.